The number of aromatic nitrogens is 3. The summed E-state index contributed by atoms with van der Waals surface area (Å²) in [6.45, 7) is 16.2. The van der Waals surface area contributed by atoms with Crippen molar-refractivity contribution in [3.8, 4) is 0 Å². The van der Waals surface area contributed by atoms with Gasteiger partial charge in [-0.1, -0.05) is 65.0 Å². The zero-order valence-corrected chi connectivity index (χ0v) is 23.8. The second-order valence-corrected chi connectivity index (χ2v) is 12.9. The minimum absolute atomic E-state index is 0.247. The minimum Gasteiger partial charge on any atom is -0.307 e. The molecule has 3 heteroatoms. The van der Waals surface area contributed by atoms with E-state index in [1.165, 1.54) is 76.6 Å². The van der Waals surface area contributed by atoms with E-state index in [4.69, 9.17) is 4.98 Å². The smallest absolute Gasteiger partial charge is 0.287 e. The largest absolute Gasteiger partial charge is 0.307 e. The molecule has 0 aliphatic carbocycles. The third-order valence-corrected chi connectivity index (χ3v) is 8.60. The molecule has 3 heterocycles. The van der Waals surface area contributed by atoms with Gasteiger partial charge in [-0.25, -0.2) is 4.57 Å². The van der Waals surface area contributed by atoms with Crippen LogP contribution in [0.3, 0.4) is 0 Å². The summed E-state index contributed by atoms with van der Waals surface area (Å²) in [5.74, 6) is 0.443. The fraction of sp³-hybridized carbons (Fsp3) is 0.314. The van der Waals surface area contributed by atoms with Gasteiger partial charge in [0.2, 0.25) is 0 Å². The van der Waals surface area contributed by atoms with E-state index in [1.54, 1.807) is 0 Å². The summed E-state index contributed by atoms with van der Waals surface area (Å²) in [5.41, 5.74) is 12.0. The first-order chi connectivity index (χ1) is 18.1. The summed E-state index contributed by atoms with van der Waals surface area (Å²) in [5, 5.41) is 8.02. The van der Waals surface area contributed by atoms with Crippen molar-refractivity contribution in [1.29, 1.82) is 0 Å². The third-order valence-electron chi connectivity index (χ3n) is 8.60. The van der Waals surface area contributed by atoms with Gasteiger partial charge in [0.05, 0.1) is 34.4 Å². The summed E-state index contributed by atoms with van der Waals surface area (Å²) in [6, 6.07) is 18.5. The summed E-state index contributed by atoms with van der Waals surface area (Å²) in [6.07, 6.45) is 3.05. The number of hydrogen-bond acceptors (Lipinski definition) is 1. The van der Waals surface area contributed by atoms with E-state index in [9.17, 15) is 0 Å². The van der Waals surface area contributed by atoms with Crippen molar-refractivity contribution < 1.29 is 4.57 Å². The van der Waals surface area contributed by atoms with Crippen molar-refractivity contribution in [2.75, 3.05) is 0 Å². The van der Waals surface area contributed by atoms with Crippen molar-refractivity contribution in [3.05, 3.63) is 77.1 Å². The monoisotopic (exact) mass is 498 g/mol. The minimum atomic E-state index is 0.247. The van der Waals surface area contributed by atoms with Crippen molar-refractivity contribution in [3.63, 3.8) is 0 Å². The highest BCUT2D eigenvalue weighted by molar-refractivity contribution is 6.28. The molecule has 4 aromatic carbocycles. The van der Waals surface area contributed by atoms with Crippen molar-refractivity contribution in [2.45, 2.75) is 60.8 Å². The van der Waals surface area contributed by atoms with Crippen molar-refractivity contribution in [1.82, 2.24) is 9.38 Å². The molecule has 38 heavy (non-hydrogen) atoms. The lowest BCUT2D eigenvalue weighted by molar-refractivity contribution is -0.646. The number of nitrogens with zero attached hydrogens (tertiary/aromatic N) is 3. The fourth-order valence-corrected chi connectivity index (χ4v) is 7.06. The van der Waals surface area contributed by atoms with Gasteiger partial charge >= 0.3 is 0 Å². The Kier molecular flexibility index (Phi) is 4.72. The first-order valence-electron chi connectivity index (χ1n) is 13.9. The van der Waals surface area contributed by atoms with Crippen LogP contribution in [0.25, 0.3) is 59.9 Å². The molecule has 0 radical (unpaired) electrons. The number of aryl methyl sites for hydroxylation is 3. The Hall–Kier alpha value is -3.72. The first kappa shape index (κ1) is 23.4. The SMILES string of the molecule is Cc1c2cc(CC(C)(C)C)ccc2c(C)c2c1c1c3c(ccc4c5c(C(C)C)cccc5n2c43)nc[n+]1C. The predicted octanol–water partition coefficient (Wildman–Crippen LogP) is 8.69. The normalized spacial score (nSPS) is 13.1. The van der Waals surface area contributed by atoms with Crippen LogP contribution >= 0.6 is 0 Å². The van der Waals surface area contributed by atoms with Crippen LogP contribution in [0.4, 0.5) is 0 Å². The number of fused-ring (bicyclic) bond motifs is 7. The lowest BCUT2D eigenvalue weighted by atomic mass is 9.86. The molecule has 0 amide bonds. The quantitative estimate of drug-likeness (QED) is 0.133. The summed E-state index contributed by atoms with van der Waals surface area (Å²) in [4.78, 5) is 4.89. The van der Waals surface area contributed by atoms with E-state index in [1.807, 2.05) is 6.33 Å². The van der Waals surface area contributed by atoms with Crippen molar-refractivity contribution >= 4 is 59.9 Å². The molecule has 7 rings (SSSR count). The standard InChI is InChI=1S/C35H36N3/c1-19(2)23-10-9-11-28-30(23)25-14-15-27-31-33(25)38(28)32-21(4)24-13-12-22(17-35(5,6)7)16-26(24)20(3)29(32)34(31)37(8)18-36-27/h9-16,18-19H,17H2,1-8H3/q+1. The van der Waals surface area contributed by atoms with E-state index in [-0.39, 0.29) is 5.41 Å². The van der Waals surface area contributed by atoms with Gasteiger partial charge in [-0.2, -0.15) is 0 Å². The Labute approximate surface area is 224 Å². The van der Waals surface area contributed by atoms with Crippen LogP contribution in [0.5, 0.6) is 0 Å². The second-order valence-electron chi connectivity index (χ2n) is 12.9. The fourth-order valence-electron chi connectivity index (χ4n) is 7.06. The van der Waals surface area contributed by atoms with Crippen LogP contribution in [0.15, 0.2) is 54.9 Å². The first-order valence-corrected chi connectivity index (χ1v) is 13.9. The van der Waals surface area contributed by atoms with E-state index in [0.29, 0.717) is 5.92 Å². The number of pyridine rings is 1. The Morgan fingerprint density at radius 1 is 0.842 bits per heavy atom. The van der Waals surface area contributed by atoms with E-state index >= 15 is 0 Å². The molecule has 0 saturated carbocycles. The molecular formula is C35H36N3+. The molecule has 0 unspecified atom stereocenters. The molecule has 0 atom stereocenters. The van der Waals surface area contributed by atoms with Crippen LogP contribution < -0.4 is 4.57 Å². The molecule has 190 valence electrons. The van der Waals surface area contributed by atoms with E-state index in [0.717, 1.165) is 11.9 Å². The van der Waals surface area contributed by atoms with Crippen LogP contribution in [-0.4, -0.2) is 9.38 Å². The van der Waals surface area contributed by atoms with Gasteiger partial charge in [0.25, 0.3) is 6.33 Å². The molecule has 0 bridgehead atoms. The average molecular weight is 499 g/mol. The Morgan fingerprint density at radius 3 is 2.34 bits per heavy atom. The lowest BCUT2D eigenvalue weighted by Gasteiger charge is -2.20. The molecule has 0 N–H and O–H groups in total. The molecule has 7 aromatic rings. The maximum absolute atomic E-state index is 4.89. The Bertz CT molecular complexity index is 2080. The highest BCUT2D eigenvalue weighted by atomic mass is 15.0. The number of rotatable bonds is 2. The van der Waals surface area contributed by atoms with Gasteiger partial charge < -0.3 is 4.40 Å². The van der Waals surface area contributed by atoms with Crippen LogP contribution in [-0.2, 0) is 13.5 Å². The van der Waals surface area contributed by atoms with Gasteiger partial charge in [-0.05, 0) is 87.8 Å². The van der Waals surface area contributed by atoms with E-state index in [2.05, 4.69) is 113 Å². The maximum Gasteiger partial charge on any atom is 0.287 e. The molecule has 0 aliphatic heterocycles. The number of benzene rings is 4. The van der Waals surface area contributed by atoms with Crippen LogP contribution in [0, 0.1) is 19.3 Å². The zero-order chi connectivity index (χ0) is 26.7. The average Bonchev–Trinajstić information content (AvgIpc) is 3.21. The summed E-state index contributed by atoms with van der Waals surface area (Å²) < 4.78 is 4.80. The van der Waals surface area contributed by atoms with Crippen molar-refractivity contribution in [2.24, 2.45) is 12.5 Å². The second kappa shape index (κ2) is 7.66. The third kappa shape index (κ3) is 3.02. The topological polar surface area (TPSA) is 21.2 Å². The predicted molar refractivity (Wildman–Crippen MR) is 162 cm³/mol. The summed E-state index contributed by atoms with van der Waals surface area (Å²) in [7, 11) is 2.15. The van der Waals surface area contributed by atoms with Gasteiger partial charge in [-0.15, -0.1) is 0 Å². The zero-order valence-electron chi connectivity index (χ0n) is 23.8. The molecule has 3 nitrogen and oxygen atoms in total. The van der Waals surface area contributed by atoms with Crippen LogP contribution in [0.2, 0.25) is 0 Å². The highest BCUT2D eigenvalue weighted by Crippen LogP contribution is 2.45. The lowest BCUT2D eigenvalue weighted by Crippen LogP contribution is -2.30. The van der Waals surface area contributed by atoms with Crippen LogP contribution in [0.1, 0.15) is 62.8 Å². The molecular weight excluding hydrogens is 462 g/mol. The molecule has 0 saturated heterocycles. The van der Waals surface area contributed by atoms with Gasteiger partial charge in [0.15, 0.2) is 5.52 Å². The summed E-state index contributed by atoms with van der Waals surface area (Å²) >= 11 is 0. The van der Waals surface area contributed by atoms with Gasteiger partial charge in [0, 0.05) is 10.8 Å². The Balaban J connectivity index is 1.81. The maximum atomic E-state index is 4.89. The number of hydrogen-bond donors (Lipinski definition) is 0. The molecule has 3 aromatic heterocycles. The van der Waals surface area contributed by atoms with Gasteiger partial charge in [0.1, 0.15) is 5.52 Å². The molecule has 0 fully saturated rings. The highest BCUT2D eigenvalue weighted by Gasteiger charge is 2.27. The van der Waals surface area contributed by atoms with E-state index < -0.39 is 0 Å². The Morgan fingerprint density at radius 2 is 1.61 bits per heavy atom. The van der Waals surface area contributed by atoms with Gasteiger partial charge in [-0.3, -0.25) is 0 Å². The molecule has 0 aliphatic rings. The molecule has 0 spiro atoms.